The summed E-state index contributed by atoms with van der Waals surface area (Å²) in [5.41, 5.74) is -0.189. The molecule has 0 saturated carbocycles. The van der Waals surface area contributed by atoms with Crippen molar-refractivity contribution >= 4 is 23.3 Å². The molecule has 1 amide bonds. The minimum absolute atomic E-state index is 0.117. The van der Waals surface area contributed by atoms with E-state index in [9.17, 15) is 9.90 Å². The van der Waals surface area contributed by atoms with Crippen molar-refractivity contribution in [2.75, 3.05) is 25.5 Å². The SMILES string of the molecule is CCNc1cc(C(=O)N(C)C(C)(C)CO)cc(Cl)n1. The summed E-state index contributed by atoms with van der Waals surface area (Å²) in [6, 6.07) is 3.18. The van der Waals surface area contributed by atoms with Gasteiger partial charge >= 0.3 is 0 Å². The fourth-order valence-corrected chi connectivity index (χ4v) is 1.68. The van der Waals surface area contributed by atoms with Crippen LogP contribution in [-0.4, -0.2) is 46.6 Å². The summed E-state index contributed by atoms with van der Waals surface area (Å²) in [7, 11) is 1.65. The van der Waals surface area contributed by atoms with Crippen molar-refractivity contribution in [2.45, 2.75) is 26.3 Å². The zero-order valence-electron chi connectivity index (χ0n) is 11.7. The van der Waals surface area contributed by atoms with Gasteiger partial charge in [-0.25, -0.2) is 4.98 Å². The third-order valence-electron chi connectivity index (χ3n) is 3.00. The highest BCUT2D eigenvalue weighted by Crippen LogP contribution is 2.19. The summed E-state index contributed by atoms with van der Waals surface area (Å²) >= 11 is 5.91. The Morgan fingerprint density at radius 3 is 2.68 bits per heavy atom. The Morgan fingerprint density at radius 1 is 1.53 bits per heavy atom. The average molecular weight is 286 g/mol. The van der Waals surface area contributed by atoms with Gasteiger partial charge in [0.25, 0.3) is 5.91 Å². The highest BCUT2D eigenvalue weighted by molar-refractivity contribution is 6.29. The van der Waals surface area contributed by atoms with Gasteiger partial charge in [0.05, 0.1) is 12.1 Å². The average Bonchev–Trinajstić information content (AvgIpc) is 2.36. The number of amides is 1. The van der Waals surface area contributed by atoms with Crippen LogP contribution >= 0.6 is 11.6 Å². The molecular formula is C13H20ClN3O2. The minimum atomic E-state index is -0.634. The van der Waals surface area contributed by atoms with Crippen LogP contribution in [0, 0.1) is 0 Å². The van der Waals surface area contributed by atoms with Gasteiger partial charge in [-0.05, 0) is 32.9 Å². The molecule has 0 aliphatic carbocycles. The number of hydrogen-bond acceptors (Lipinski definition) is 4. The second kappa shape index (κ2) is 6.21. The molecule has 1 aromatic rings. The molecule has 0 spiro atoms. The Labute approximate surface area is 118 Å². The first-order valence-electron chi connectivity index (χ1n) is 6.12. The Balaban J connectivity index is 3.05. The fraction of sp³-hybridized carbons (Fsp3) is 0.538. The van der Waals surface area contributed by atoms with Crippen LogP contribution in [0.15, 0.2) is 12.1 Å². The topological polar surface area (TPSA) is 65.5 Å². The van der Waals surface area contributed by atoms with E-state index in [1.807, 2.05) is 6.92 Å². The smallest absolute Gasteiger partial charge is 0.254 e. The second-order valence-corrected chi connectivity index (χ2v) is 5.32. The van der Waals surface area contributed by atoms with E-state index in [0.29, 0.717) is 17.9 Å². The molecule has 0 fully saturated rings. The first-order valence-corrected chi connectivity index (χ1v) is 6.50. The lowest BCUT2D eigenvalue weighted by molar-refractivity contribution is 0.0473. The molecule has 106 valence electrons. The van der Waals surface area contributed by atoms with Crippen molar-refractivity contribution in [3.8, 4) is 0 Å². The van der Waals surface area contributed by atoms with Crippen LogP contribution in [0.1, 0.15) is 31.1 Å². The lowest BCUT2D eigenvalue weighted by atomic mass is 10.0. The molecule has 0 atom stereocenters. The molecule has 0 radical (unpaired) electrons. The standard InChI is InChI=1S/C13H20ClN3O2/c1-5-15-11-7-9(6-10(14)16-11)12(19)17(4)13(2,3)8-18/h6-7,18H,5,8H2,1-4H3,(H,15,16). The van der Waals surface area contributed by atoms with Gasteiger partial charge in [0, 0.05) is 19.2 Å². The van der Waals surface area contributed by atoms with Crippen molar-refractivity contribution in [1.29, 1.82) is 0 Å². The van der Waals surface area contributed by atoms with E-state index in [4.69, 9.17) is 11.6 Å². The number of pyridine rings is 1. The molecule has 6 heteroatoms. The molecule has 0 aliphatic heterocycles. The van der Waals surface area contributed by atoms with Gasteiger partial charge < -0.3 is 15.3 Å². The van der Waals surface area contributed by atoms with Crippen molar-refractivity contribution in [2.24, 2.45) is 0 Å². The Kier molecular flexibility index (Phi) is 5.14. The number of aliphatic hydroxyl groups excluding tert-OH is 1. The number of rotatable bonds is 5. The predicted octanol–water partition coefficient (Wildman–Crippen LogP) is 2.01. The number of carbonyl (C=O) groups is 1. The fourth-order valence-electron chi connectivity index (χ4n) is 1.47. The largest absolute Gasteiger partial charge is 0.394 e. The number of aromatic nitrogens is 1. The van der Waals surface area contributed by atoms with E-state index >= 15 is 0 Å². The van der Waals surface area contributed by atoms with Gasteiger partial charge in [0.2, 0.25) is 0 Å². The first-order chi connectivity index (χ1) is 8.81. The summed E-state index contributed by atoms with van der Waals surface area (Å²) in [5, 5.41) is 12.6. The zero-order chi connectivity index (χ0) is 14.6. The van der Waals surface area contributed by atoms with Crippen LogP contribution in [0.3, 0.4) is 0 Å². The molecule has 1 heterocycles. The summed E-state index contributed by atoms with van der Waals surface area (Å²) in [6.45, 7) is 6.09. The third kappa shape index (κ3) is 3.81. The number of aliphatic hydroxyl groups is 1. The monoisotopic (exact) mass is 285 g/mol. The van der Waals surface area contributed by atoms with E-state index in [2.05, 4.69) is 10.3 Å². The quantitative estimate of drug-likeness (QED) is 0.812. The number of nitrogens with one attached hydrogen (secondary N) is 1. The summed E-state index contributed by atoms with van der Waals surface area (Å²) in [5.74, 6) is 0.357. The molecule has 0 bridgehead atoms. The maximum atomic E-state index is 12.4. The Bertz CT molecular complexity index is 463. The number of likely N-dealkylation sites (N-methyl/N-ethyl adjacent to an activating group) is 1. The lowest BCUT2D eigenvalue weighted by Gasteiger charge is -2.34. The zero-order valence-corrected chi connectivity index (χ0v) is 12.5. The Morgan fingerprint density at radius 2 is 2.16 bits per heavy atom. The molecule has 0 aromatic carbocycles. The third-order valence-corrected chi connectivity index (χ3v) is 3.19. The van der Waals surface area contributed by atoms with Crippen LogP contribution < -0.4 is 5.32 Å². The summed E-state index contributed by atoms with van der Waals surface area (Å²) in [6.07, 6.45) is 0. The summed E-state index contributed by atoms with van der Waals surface area (Å²) in [4.78, 5) is 17.9. The Hall–Kier alpha value is -1.33. The molecule has 2 N–H and O–H groups in total. The molecule has 1 rings (SSSR count). The van der Waals surface area contributed by atoms with Gasteiger partial charge in [-0.15, -0.1) is 0 Å². The van der Waals surface area contributed by atoms with Gasteiger partial charge in [0.15, 0.2) is 0 Å². The van der Waals surface area contributed by atoms with Crippen LogP contribution in [0.5, 0.6) is 0 Å². The van der Waals surface area contributed by atoms with Crippen LogP contribution in [0.2, 0.25) is 5.15 Å². The van der Waals surface area contributed by atoms with Gasteiger partial charge in [-0.3, -0.25) is 4.79 Å². The van der Waals surface area contributed by atoms with E-state index in [1.54, 1.807) is 27.0 Å². The van der Waals surface area contributed by atoms with Crippen molar-refractivity contribution in [3.05, 3.63) is 22.8 Å². The van der Waals surface area contributed by atoms with Crippen molar-refractivity contribution in [3.63, 3.8) is 0 Å². The van der Waals surface area contributed by atoms with Gasteiger partial charge in [0.1, 0.15) is 11.0 Å². The van der Waals surface area contributed by atoms with Crippen LogP contribution in [0.25, 0.3) is 0 Å². The molecule has 0 aliphatic rings. The maximum absolute atomic E-state index is 12.4. The van der Waals surface area contributed by atoms with Crippen molar-refractivity contribution in [1.82, 2.24) is 9.88 Å². The molecular weight excluding hydrogens is 266 g/mol. The molecule has 19 heavy (non-hydrogen) atoms. The normalized spacial score (nSPS) is 11.3. The highest BCUT2D eigenvalue weighted by Gasteiger charge is 2.28. The number of halogens is 1. The first kappa shape index (κ1) is 15.7. The molecule has 0 unspecified atom stereocenters. The number of carbonyl (C=O) groups excluding carboxylic acids is 1. The highest BCUT2D eigenvalue weighted by atomic mass is 35.5. The number of anilines is 1. The van der Waals surface area contributed by atoms with Crippen molar-refractivity contribution < 1.29 is 9.90 Å². The number of nitrogens with zero attached hydrogens (tertiary/aromatic N) is 2. The lowest BCUT2D eigenvalue weighted by Crippen LogP contribution is -2.47. The van der Waals surface area contributed by atoms with E-state index in [-0.39, 0.29) is 17.7 Å². The minimum Gasteiger partial charge on any atom is -0.394 e. The summed E-state index contributed by atoms with van der Waals surface area (Å²) < 4.78 is 0. The predicted molar refractivity (Wildman–Crippen MR) is 76.7 cm³/mol. The van der Waals surface area contributed by atoms with Crippen LogP contribution in [0.4, 0.5) is 5.82 Å². The van der Waals surface area contributed by atoms with E-state index < -0.39 is 5.54 Å². The van der Waals surface area contributed by atoms with E-state index in [1.165, 1.54) is 11.0 Å². The molecule has 0 saturated heterocycles. The number of hydrogen-bond donors (Lipinski definition) is 2. The molecule has 1 aromatic heterocycles. The molecule has 5 nitrogen and oxygen atoms in total. The van der Waals surface area contributed by atoms with Gasteiger partial charge in [-0.2, -0.15) is 0 Å². The van der Waals surface area contributed by atoms with Crippen LogP contribution in [-0.2, 0) is 0 Å². The van der Waals surface area contributed by atoms with Gasteiger partial charge in [-0.1, -0.05) is 11.6 Å². The second-order valence-electron chi connectivity index (χ2n) is 4.93. The maximum Gasteiger partial charge on any atom is 0.254 e. The van der Waals surface area contributed by atoms with E-state index in [0.717, 1.165) is 0 Å².